The summed E-state index contributed by atoms with van der Waals surface area (Å²) < 4.78 is 5.28. The third kappa shape index (κ3) is 3.26. The van der Waals surface area contributed by atoms with Gasteiger partial charge in [-0.3, -0.25) is 14.5 Å². The largest absolute Gasteiger partial charge is 0.495 e. The van der Waals surface area contributed by atoms with Crippen LogP contribution in [0.3, 0.4) is 0 Å². The van der Waals surface area contributed by atoms with Gasteiger partial charge in [0.15, 0.2) is 0 Å². The zero-order valence-corrected chi connectivity index (χ0v) is 16.0. The van der Waals surface area contributed by atoms with Crippen LogP contribution >= 0.6 is 34.8 Å². The summed E-state index contributed by atoms with van der Waals surface area (Å²) in [6.07, 6.45) is 0. The van der Waals surface area contributed by atoms with Crippen LogP contribution in [0.25, 0.3) is 5.57 Å². The van der Waals surface area contributed by atoms with E-state index >= 15 is 0 Å². The first-order valence-electron chi connectivity index (χ1n) is 7.46. The van der Waals surface area contributed by atoms with Crippen LogP contribution in [0.1, 0.15) is 5.56 Å². The van der Waals surface area contributed by atoms with E-state index in [1.807, 2.05) is 0 Å². The number of halogens is 3. The van der Waals surface area contributed by atoms with Gasteiger partial charge in [0.05, 0.1) is 23.4 Å². The quantitative estimate of drug-likeness (QED) is 0.754. The van der Waals surface area contributed by atoms with E-state index in [2.05, 4.69) is 5.32 Å². The Morgan fingerprint density at radius 3 is 2.27 bits per heavy atom. The van der Waals surface area contributed by atoms with Gasteiger partial charge in [-0.05, 0) is 30.3 Å². The van der Waals surface area contributed by atoms with Gasteiger partial charge >= 0.3 is 0 Å². The minimum atomic E-state index is -0.488. The van der Waals surface area contributed by atoms with Crippen molar-refractivity contribution in [1.29, 1.82) is 0 Å². The van der Waals surface area contributed by atoms with Crippen molar-refractivity contribution in [3.05, 3.63) is 62.7 Å². The number of carbonyl (C=O) groups is 2. The van der Waals surface area contributed by atoms with Gasteiger partial charge in [0.25, 0.3) is 11.8 Å². The van der Waals surface area contributed by atoms with E-state index in [1.54, 1.807) is 30.3 Å². The monoisotopic (exact) mass is 410 g/mol. The summed E-state index contributed by atoms with van der Waals surface area (Å²) in [6.45, 7) is 0. The van der Waals surface area contributed by atoms with Crippen LogP contribution in [-0.2, 0) is 9.59 Å². The van der Waals surface area contributed by atoms with Crippen LogP contribution in [0.2, 0.25) is 15.1 Å². The average Bonchev–Trinajstić information content (AvgIpc) is 2.80. The Bertz CT molecular complexity index is 957. The second kappa shape index (κ2) is 7.19. The molecule has 0 radical (unpaired) electrons. The lowest BCUT2D eigenvalue weighted by Crippen LogP contribution is -2.28. The first kappa shape index (κ1) is 18.6. The smallest absolute Gasteiger partial charge is 0.277 e. The van der Waals surface area contributed by atoms with Gasteiger partial charge in [0, 0.05) is 22.7 Å². The van der Waals surface area contributed by atoms with E-state index in [0.717, 1.165) is 4.90 Å². The fourth-order valence-electron chi connectivity index (χ4n) is 2.61. The molecule has 0 fully saturated rings. The van der Waals surface area contributed by atoms with Crippen molar-refractivity contribution < 1.29 is 14.3 Å². The normalized spacial score (nSPS) is 14.3. The fraction of sp³-hybridized carbons (Fsp3) is 0.111. The number of hydrogen-bond acceptors (Lipinski definition) is 4. The number of amides is 2. The Labute approximate surface area is 165 Å². The minimum absolute atomic E-state index is 0.0855. The zero-order chi connectivity index (χ0) is 19.0. The van der Waals surface area contributed by atoms with Crippen molar-refractivity contribution >= 4 is 57.9 Å². The van der Waals surface area contributed by atoms with Crippen molar-refractivity contribution in [2.45, 2.75) is 0 Å². The number of nitrogens with zero attached hydrogens (tertiary/aromatic N) is 1. The molecule has 1 aliphatic rings. The number of anilines is 1. The highest BCUT2D eigenvalue weighted by molar-refractivity contribution is 6.41. The summed E-state index contributed by atoms with van der Waals surface area (Å²) in [5.41, 5.74) is 1.10. The molecule has 8 heteroatoms. The zero-order valence-electron chi connectivity index (χ0n) is 13.8. The van der Waals surface area contributed by atoms with E-state index in [9.17, 15) is 9.59 Å². The van der Waals surface area contributed by atoms with E-state index in [-0.39, 0.29) is 16.3 Å². The molecule has 0 atom stereocenters. The fourth-order valence-corrected chi connectivity index (χ4v) is 3.29. The summed E-state index contributed by atoms with van der Waals surface area (Å²) >= 11 is 18.2. The molecule has 26 heavy (non-hydrogen) atoms. The number of likely N-dealkylation sites (N-methyl/N-ethyl adjacent to an activating group) is 1. The van der Waals surface area contributed by atoms with E-state index in [1.165, 1.54) is 20.2 Å². The maximum Gasteiger partial charge on any atom is 0.277 e. The Morgan fingerprint density at radius 1 is 0.962 bits per heavy atom. The highest BCUT2D eigenvalue weighted by Gasteiger charge is 2.38. The lowest BCUT2D eigenvalue weighted by molar-refractivity contribution is -0.135. The van der Waals surface area contributed by atoms with Crippen LogP contribution in [0.4, 0.5) is 5.69 Å². The summed E-state index contributed by atoms with van der Waals surface area (Å²) in [4.78, 5) is 26.3. The molecule has 3 rings (SSSR count). The Hall–Kier alpha value is -2.21. The molecule has 2 aromatic carbocycles. The summed E-state index contributed by atoms with van der Waals surface area (Å²) in [5, 5.41) is 4.11. The van der Waals surface area contributed by atoms with Gasteiger partial charge in [0.1, 0.15) is 11.4 Å². The molecular formula is C18H13Cl3N2O3. The molecule has 134 valence electrons. The van der Waals surface area contributed by atoms with Crippen LogP contribution in [-0.4, -0.2) is 30.9 Å². The molecule has 2 aromatic rings. The van der Waals surface area contributed by atoms with Gasteiger partial charge in [-0.2, -0.15) is 0 Å². The topological polar surface area (TPSA) is 58.6 Å². The van der Waals surface area contributed by atoms with Crippen LogP contribution in [0.15, 0.2) is 42.1 Å². The molecule has 0 bridgehead atoms. The maximum absolute atomic E-state index is 12.6. The number of imide groups is 1. The lowest BCUT2D eigenvalue weighted by Gasteiger charge is -2.13. The lowest BCUT2D eigenvalue weighted by atomic mass is 10.0. The SMILES string of the molecule is COc1ccc(Cl)cc1NC1=C(c2ccc(Cl)cc2Cl)C(=O)N(C)C1=O. The molecule has 2 amide bonds. The van der Waals surface area contributed by atoms with E-state index in [0.29, 0.717) is 27.0 Å². The first-order chi connectivity index (χ1) is 12.3. The molecule has 1 aliphatic heterocycles. The summed E-state index contributed by atoms with van der Waals surface area (Å²) in [7, 11) is 2.89. The molecule has 5 nitrogen and oxygen atoms in total. The Kier molecular flexibility index (Phi) is 5.14. The van der Waals surface area contributed by atoms with E-state index < -0.39 is 11.8 Å². The molecule has 0 aromatic heterocycles. The van der Waals surface area contributed by atoms with Crippen LogP contribution < -0.4 is 10.1 Å². The molecule has 1 heterocycles. The van der Waals surface area contributed by atoms with Crippen molar-refractivity contribution in [3.63, 3.8) is 0 Å². The van der Waals surface area contributed by atoms with Crippen molar-refractivity contribution in [2.24, 2.45) is 0 Å². The molecule has 0 spiro atoms. The maximum atomic E-state index is 12.6. The van der Waals surface area contributed by atoms with Crippen molar-refractivity contribution in [3.8, 4) is 5.75 Å². The second-order valence-corrected chi connectivity index (χ2v) is 6.79. The molecular weight excluding hydrogens is 399 g/mol. The number of rotatable bonds is 4. The van der Waals surface area contributed by atoms with Crippen molar-refractivity contribution in [2.75, 3.05) is 19.5 Å². The highest BCUT2D eigenvalue weighted by Crippen LogP contribution is 2.36. The molecule has 0 saturated carbocycles. The third-order valence-electron chi connectivity index (χ3n) is 3.91. The number of methoxy groups -OCH3 is 1. The van der Waals surface area contributed by atoms with Gasteiger partial charge < -0.3 is 10.1 Å². The number of hydrogen-bond donors (Lipinski definition) is 1. The second-order valence-electron chi connectivity index (χ2n) is 5.51. The number of carbonyl (C=O) groups excluding carboxylic acids is 2. The highest BCUT2D eigenvalue weighted by atomic mass is 35.5. The number of ether oxygens (including phenoxy) is 1. The van der Waals surface area contributed by atoms with Gasteiger partial charge in [-0.25, -0.2) is 0 Å². The van der Waals surface area contributed by atoms with E-state index in [4.69, 9.17) is 39.5 Å². The molecule has 0 saturated heterocycles. The van der Waals surface area contributed by atoms with Crippen LogP contribution in [0.5, 0.6) is 5.75 Å². The average molecular weight is 412 g/mol. The standard InChI is InChI=1S/C18H13Cl3N2O3/c1-23-17(24)15(11-5-3-9(19)7-12(11)21)16(18(23)25)22-13-8-10(20)4-6-14(13)26-2/h3-8,22H,1-2H3. The third-order valence-corrected chi connectivity index (χ3v) is 4.69. The molecule has 1 N–H and O–H groups in total. The van der Waals surface area contributed by atoms with Gasteiger partial charge in [-0.1, -0.05) is 40.9 Å². The Morgan fingerprint density at radius 2 is 1.62 bits per heavy atom. The predicted octanol–water partition coefficient (Wildman–Crippen LogP) is 4.48. The minimum Gasteiger partial charge on any atom is -0.495 e. The first-order valence-corrected chi connectivity index (χ1v) is 8.59. The Balaban J connectivity index is 2.17. The predicted molar refractivity (Wildman–Crippen MR) is 103 cm³/mol. The number of benzene rings is 2. The summed E-state index contributed by atoms with van der Waals surface area (Å²) in [6, 6.07) is 9.63. The van der Waals surface area contributed by atoms with Crippen molar-refractivity contribution in [1.82, 2.24) is 4.90 Å². The van der Waals surface area contributed by atoms with Gasteiger partial charge in [-0.15, -0.1) is 0 Å². The summed E-state index contributed by atoms with van der Waals surface area (Å²) in [5.74, 6) is -0.487. The molecule has 0 aliphatic carbocycles. The van der Waals surface area contributed by atoms with Crippen LogP contribution in [0, 0.1) is 0 Å². The molecule has 0 unspecified atom stereocenters. The van der Waals surface area contributed by atoms with Gasteiger partial charge in [0.2, 0.25) is 0 Å². The number of nitrogens with one attached hydrogen (secondary N) is 1.